The maximum atomic E-state index is 13.4. The van der Waals surface area contributed by atoms with Crippen molar-refractivity contribution in [1.29, 1.82) is 0 Å². The number of carboxylic acids is 2. The summed E-state index contributed by atoms with van der Waals surface area (Å²) < 4.78 is 0. The molecule has 0 fully saturated rings. The number of rotatable bonds is 22. The average molecular weight is 659 g/mol. The van der Waals surface area contributed by atoms with Crippen molar-refractivity contribution in [3.8, 4) is 0 Å². The van der Waals surface area contributed by atoms with Gasteiger partial charge in [-0.1, -0.05) is 13.8 Å². The molecule has 6 amide bonds. The predicted molar refractivity (Wildman–Crippen MR) is 162 cm³/mol. The number of hydrogen-bond acceptors (Lipinski definition) is 10. The Kier molecular flexibility index (Phi) is 18.6. The maximum absolute atomic E-state index is 13.4. The molecule has 20 nitrogen and oxygen atoms in total. The third kappa shape index (κ3) is 16.7. The summed E-state index contributed by atoms with van der Waals surface area (Å²) in [5.41, 5.74) is 21.2. The molecule has 0 saturated carbocycles. The van der Waals surface area contributed by atoms with Crippen molar-refractivity contribution in [2.24, 2.45) is 33.8 Å². The number of carboxylic acid groups (broad SMARTS) is 2. The van der Waals surface area contributed by atoms with Gasteiger partial charge in [0.25, 0.3) is 0 Å². The van der Waals surface area contributed by atoms with Crippen molar-refractivity contribution in [2.75, 3.05) is 13.1 Å². The molecule has 0 bridgehead atoms. The number of nitrogens with zero attached hydrogens (tertiary/aromatic N) is 1. The maximum Gasteiger partial charge on any atom is 0.325 e. The minimum absolute atomic E-state index is 0.0557. The lowest BCUT2D eigenvalue weighted by molar-refractivity contribution is -0.142. The number of aliphatic imine (C=N–C) groups is 1. The van der Waals surface area contributed by atoms with Crippen molar-refractivity contribution in [3.63, 3.8) is 0 Å². The van der Waals surface area contributed by atoms with E-state index in [1.54, 1.807) is 13.8 Å². The second kappa shape index (κ2) is 20.9. The highest BCUT2D eigenvalue weighted by atomic mass is 16.4. The number of hydrogen-bond donors (Lipinski definition) is 11. The zero-order valence-electron chi connectivity index (χ0n) is 26.0. The second-order valence-electron chi connectivity index (χ2n) is 10.6. The van der Waals surface area contributed by atoms with Gasteiger partial charge in [0.05, 0.1) is 6.54 Å². The van der Waals surface area contributed by atoms with Gasteiger partial charge in [-0.05, 0) is 38.5 Å². The Balaban J connectivity index is 6.17. The first-order valence-electron chi connectivity index (χ1n) is 14.4. The van der Waals surface area contributed by atoms with E-state index in [2.05, 4.69) is 31.6 Å². The smallest absolute Gasteiger partial charge is 0.325 e. The molecule has 0 aliphatic rings. The van der Waals surface area contributed by atoms with Crippen LogP contribution >= 0.6 is 0 Å². The Hall–Kier alpha value is -5.01. The van der Waals surface area contributed by atoms with Crippen molar-refractivity contribution in [2.45, 2.75) is 89.5 Å². The Labute approximate surface area is 265 Å². The van der Waals surface area contributed by atoms with E-state index < -0.39 is 96.5 Å². The number of carbonyl (C=O) groups excluding carboxylic acids is 6. The zero-order valence-corrected chi connectivity index (χ0v) is 26.0. The number of aliphatic carboxylic acids is 2. The van der Waals surface area contributed by atoms with Gasteiger partial charge in [-0.25, -0.2) is 0 Å². The van der Waals surface area contributed by atoms with Crippen LogP contribution in [-0.4, -0.2) is 107 Å². The fourth-order valence-corrected chi connectivity index (χ4v) is 3.82. The minimum Gasteiger partial charge on any atom is -0.481 e. The van der Waals surface area contributed by atoms with Gasteiger partial charge in [-0.15, -0.1) is 0 Å². The van der Waals surface area contributed by atoms with Crippen LogP contribution in [0.25, 0.3) is 0 Å². The zero-order chi connectivity index (χ0) is 35.6. The molecule has 0 aromatic heterocycles. The Bertz CT molecular complexity index is 1140. The van der Waals surface area contributed by atoms with Gasteiger partial charge < -0.3 is 59.7 Å². The van der Waals surface area contributed by atoms with Gasteiger partial charge in [-0.3, -0.25) is 43.3 Å². The van der Waals surface area contributed by atoms with Crippen LogP contribution in [0.3, 0.4) is 0 Å². The van der Waals surface area contributed by atoms with Crippen LogP contribution in [0.2, 0.25) is 0 Å². The molecule has 0 heterocycles. The molecule has 0 aliphatic heterocycles. The number of primary amides is 1. The fraction of sp³-hybridized carbons (Fsp3) is 0.654. The molecule has 0 rings (SSSR count). The summed E-state index contributed by atoms with van der Waals surface area (Å²) in [7, 11) is 0. The lowest BCUT2D eigenvalue weighted by Crippen LogP contribution is -2.59. The normalized spacial score (nSPS) is 13.9. The second-order valence-corrected chi connectivity index (χ2v) is 10.6. The van der Waals surface area contributed by atoms with Crippen LogP contribution in [0.15, 0.2) is 4.99 Å². The lowest BCUT2D eigenvalue weighted by atomic mass is 10.0. The first-order chi connectivity index (χ1) is 21.4. The summed E-state index contributed by atoms with van der Waals surface area (Å²) in [5, 5.41) is 30.0. The molecule has 260 valence electrons. The summed E-state index contributed by atoms with van der Waals surface area (Å²) in [6, 6.07) is -6.72. The van der Waals surface area contributed by atoms with E-state index in [4.69, 9.17) is 33.1 Å². The van der Waals surface area contributed by atoms with Crippen LogP contribution < -0.4 is 49.5 Å². The number of nitrogens with two attached hydrogens (primary N) is 4. The number of nitrogens with one attached hydrogen (secondary N) is 5. The highest BCUT2D eigenvalue weighted by Gasteiger charge is 2.33. The summed E-state index contributed by atoms with van der Waals surface area (Å²) in [4.78, 5) is 102. The Morgan fingerprint density at radius 3 is 1.63 bits per heavy atom. The van der Waals surface area contributed by atoms with Crippen molar-refractivity contribution < 1.29 is 48.6 Å². The van der Waals surface area contributed by atoms with Crippen LogP contribution in [0.4, 0.5) is 0 Å². The molecule has 0 spiro atoms. The largest absolute Gasteiger partial charge is 0.481 e. The van der Waals surface area contributed by atoms with Crippen molar-refractivity contribution in [3.05, 3.63) is 0 Å². The number of guanidine groups is 1. The van der Waals surface area contributed by atoms with Crippen molar-refractivity contribution >= 4 is 53.3 Å². The topological polar surface area (TPSA) is 354 Å². The van der Waals surface area contributed by atoms with Crippen molar-refractivity contribution in [1.82, 2.24) is 26.6 Å². The van der Waals surface area contributed by atoms with E-state index >= 15 is 0 Å². The molecule has 0 radical (unpaired) electrons. The number of carbonyl (C=O) groups is 8. The SMILES string of the molecule is CC(C)[C@H](NC(=O)[C@H](CCCN=C(N)N)NC(=O)[C@H](CCC(N)=O)NC(=O)[C@H](CCC(=O)O)NC(=O)CN)C(=O)N[C@@H](C)C(=O)O. The third-order valence-corrected chi connectivity index (χ3v) is 6.35. The molecule has 20 heteroatoms. The Morgan fingerprint density at radius 1 is 0.674 bits per heavy atom. The standard InChI is InChI=1S/C26H46N10O10/c1-12(2)20(24(44)32-13(3)25(45)46)36-23(43)14(5-4-10-31-26(29)30)34-22(42)16(6-8-17(28)37)35-21(41)15(7-9-19(39)40)33-18(38)11-27/h12-16,20H,4-11,27H2,1-3H3,(H2,28,37)(H,32,44)(H,33,38)(H,34,42)(H,35,41)(H,36,43)(H,39,40)(H,45,46)(H4,29,30,31)/t13-,14-,15-,16-,20-/m0/s1. The first-order valence-corrected chi connectivity index (χ1v) is 14.4. The van der Waals surface area contributed by atoms with E-state index in [9.17, 15) is 38.4 Å². The highest BCUT2D eigenvalue weighted by Crippen LogP contribution is 2.08. The van der Waals surface area contributed by atoms with Gasteiger partial charge in [0, 0.05) is 19.4 Å². The van der Waals surface area contributed by atoms with E-state index in [0.717, 1.165) is 0 Å². The molecule has 0 unspecified atom stereocenters. The van der Waals surface area contributed by atoms with Gasteiger partial charge in [0.1, 0.15) is 30.2 Å². The van der Waals surface area contributed by atoms with Crippen LogP contribution in [0, 0.1) is 5.92 Å². The molecular weight excluding hydrogens is 612 g/mol. The van der Waals surface area contributed by atoms with Gasteiger partial charge in [-0.2, -0.15) is 0 Å². The quantitative estimate of drug-likeness (QED) is 0.0296. The van der Waals surface area contributed by atoms with E-state index in [1.807, 2.05) is 0 Å². The van der Waals surface area contributed by atoms with Gasteiger partial charge in [0.15, 0.2) is 5.96 Å². The molecule has 46 heavy (non-hydrogen) atoms. The summed E-state index contributed by atoms with van der Waals surface area (Å²) in [6.45, 7) is 3.98. The van der Waals surface area contributed by atoms with E-state index in [1.165, 1.54) is 6.92 Å². The molecule has 0 aliphatic carbocycles. The van der Waals surface area contributed by atoms with Crippen LogP contribution in [-0.2, 0) is 38.4 Å². The number of amides is 6. The fourth-order valence-electron chi connectivity index (χ4n) is 3.82. The Morgan fingerprint density at radius 2 is 1.17 bits per heavy atom. The predicted octanol–water partition coefficient (Wildman–Crippen LogP) is -4.69. The van der Waals surface area contributed by atoms with Crippen LogP contribution in [0.5, 0.6) is 0 Å². The molecule has 15 N–H and O–H groups in total. The molecule has 5 atom stereocenters. The molecule has 0 aromatic rings. The third-order valence-electron chi connectivity index (χ3n) is 6.35. The molecule has 0 aromatic carbocycles. The average Bonchev–Trinajstić information content (AvgIpc) is 2.96. The minimum atomic E-state index is -1.49. The molecular formula is C26H46N10O10. The van der Waals surface area contributed by atoms with E-state index in [-0.39, 0.29) is 44.6 Å². The first kappa shape index (κ1) is 41.0. The summed E-state index contributed by atoms with van der Waals surface area (Å²) in [6.07, 6.45) is -1.51. The van der Waals surface area contributed by atoms with Gasteiger partial charge in [0.2, 0.25) is 35.4 Å². The highest BCUT2D eigenvalue weighted by molar-refractivity contribution is 5.96. The monoisotopic (exact) mass is 658 g/mol. The van der Waals surface area contributed by atoms with Crippen LogP contribution in [0.1, 0.15) is 59.3 Å². The molecule has 0 saturated heterocycles. The van der Waals surface area contributed by atoms with E-state index in [0.29, 0.717) is 0 Å². The summed E-state index contributed by atoms with van der Waals surface area (Å²) >= 11 is 0. The lowest BCUT2D eigenvalue weighted by Gasteiger charge is -2.27. The summed E-state index contributed by atoms with van der Waals surface area (Å²) in [5.74, 6) is -8.45. The van der Waals surface area contributed by atoms with Gasteiger partial charge >= 0.3 is 11.9 Å².